The van der Waals surface area contributed by atoms with Crippen LogP contribution in [0, 0.1) is 11.6 Å². The van der Waals surface area contributed by atoms with Crippen molar-refractivity contribution in [2.24, 2.45) is 12.0 Å². The number of nitrogens with one attached hydrogen (secondary N) is 3. The lowest BCUT2D eigenvalue weighted by molar-refractivity contribution is -0.141. The van der Waals surface area contributed by atoms with Crippen LogP contribution in [0.25, 0.3) is 11.3 Å². The van der Waals surface area contributed by atoms with E-state index in [1.54, 1.807) is 6.92 Å². The summed E-state index contributed by atoms with van der Waals surface area (Å²) in [5.74, 6) is -2.85. The Kier molecular flexibility index (Phi) is 7.29. The summed E-state index contributed by atoms with van der Waals surface area (Å²) in [7, 11) is 2.68. The number of nitrogens with zero attached hydrogens (tertiary/aromatic N) is 4. The summed E-state index contributed by atoms with van der Waals surface area (Å²) in [5, 5.41) is 14.8. The number of aromatic nitrogens is 4. The van der Waals surface area contributed by atoms with E-state index in [-0.39, 0.29) is 29.6 Å². The van der Waals surface area contributed by atoms with Gasteiger partial charge in [-0.2, -0.15) is 23.4 Å². The highest BCUT2D eigenvalue weighted by molar-refractivity contribution is 6.10. The van der Waals surface area contributed by atoms with Crippen molar-refractivity contribution in [3.05, 3.63) is 53.4 Å². The molecule has 34 heavy (non-hydrogen) atoms. The number of H-pyrrole nitrogens is 1. The third-order valence-electron chi connectivity index (χ3n) is 4.33. The predicted molar refractivity (Wildman–Crippen MR) is 112 cm³/mol. The lowest BCUT2D eigenvalue weighted by Gasteiger charge is -2.13. The molecule has 0 aliphatic rings. The highest BCUT2D eigenvalue weighted by Gasteiger charge is 2.39. The van der Waals surface area contributed by atoms with Gasteiger partial charge in [0.15, 0.2) is 11.5 Å². The van der Waals surface area contributed by atoms with Crippen LogP contribution in [-0.4, -0.2) is 51.6 Å². The molecule has 0 fully saturated rings. The fourth-order valence-corrected chi connectivity index (χ4v) is 3.00. The monoisotopic (exact) mass is 485 g/mol. The van der Waals surface area contributed by atoms with Gasteiger partial charge in [0.1, 0.15) is 11.6 Å². The molecule has 0 bridgehead atoms. The van der Waals surface area contributed by atoms with Gasteiger partial charge < -0.3 is 10.1 Å². The molecule has 1 aromatic carbocycles. The zero-order chi connectivity index (χ0) is 25.0. The summed E-state index contributed by atoms with van der Waals surface area (Å²) in [6.45, 7) is 1.80. The molecule has 9 nitrogen and oxygen atoms in total. The van der Waals surface area contributed by atoms with Gasteiger partial charge in [-0.1, -0.05) is 0 Å². The van der Waals surface area contributed by atoms with E-state index >= 15 is 0 Å². The van der Waals surface area contributed by atoms with Crippen molar-refractivity contribution in [1.82, 2.24) is 25.3 Å². The Morgan fingerprint density at radius 1 is 1.24 bits per heavy atom. The summed E-state index contributed by atoms with van der Waals surface area (Å²) < 4.78 is 72.6. The highest BCUT2D eigenvalue weighted by Crippen LogP contribution is 2.30. The summed E-state index contributed by atoms with van der Waals surface area (Å²) >= 11 is 0. The van der Waals surface area contributed by atoms with Crippen molar-refractivity contribution in [1.29, 1.82) is 0 Å². The Labute approximate surface area is 190 Å². The van der Waals surface area contributed by atoms with Crippen molar-refractivity contribution < 1.29 is 31.5 Å². The van der Waals surface area contributed by atoms with E-state index in [4.69, 9.17) is 4.74 Å². The third-order valence-corrected chi connectivity index (χ3v) is 4.33. The van der Waals surface area contributed by atoms with Gasteiger partial charge in [-0.3, -0.25) is 19.9 Å². The maximum Gasteiger partial charge on any atom is 0.435 e. The molecule has 14 heteroatoms. The van der Waals surface area contributed by atoms with Gasteiger partial charge >= 0.3 is 6.18 Å². The first-order chi connectivity index (χ1) is 16.0. The van der Waals surface area contributed by atoms with Crippen LogP contribution in [0.15, 0.2) is 35.5 Å². The number of benzene rings is 1. The van der Waals surface area contributed by atoms with Crippen molar-refractivity contribution >= 4 is 17.7 Å². The molecular formula is C20H20F5N7O2. The van der Waals surface area contributed by atoms with Crippen LogP contribution in [0.3, 0.4) is 0 Å². The second-order valence-electron chi connectivity index (χ2n) is 7.25. The number of guanidine groups is 1. The number of ether oxygens (including phenoxy) is 1. The molecule has 0 spiro atoms. The molecule has 0 aliphatic heterocycles. The van der Waals surface area contributed by atoms with Gasteiger partial charge in [-0.05, 0) is 19.1 Å². The van der Waals surface area contributed by atoms with Crippen molar-refractivity contribution in [3.8, 4) is 11.3 Å². The summed E-state index contributed by atoms with van der Waals surface area (Å²) in [4.78, 5) is 16.8. The number of amides is 1. The van der Waals surface area contributed by atoms with Gasteiger partial charge in [0, 0.05) is 38.1 Å². The SMILES string of the molecule is COC[C@H](C)N=C(NC(=O)c1cn(C)nc1C(F)(F)F)Nc1cc(-c2cc(F)cc(F)c2)[nH]n1. The fourth-order valence-electron chi connectivity index (χ4n) is 3.00. The van der Waals surface area contributed by atoms with E-state index in [0.717, 1.165) is 23.0 Å². The molecule has 0 radical (unpaired) electrons. The Morgan fingerprint density at radius 3 is 2.53 bits per heavy atom. The largest absolute Gasteiger partial charge is 0.435 e. The van der Waals surface area contributed by atoms with Crippen molar-refractivity contribution in [2.75, 3.05) is 19.0 Å². The van der Waals surface area contributed by atoms with Crippen molar-refractivity contribution in [3.63, 3.8) is 0 Å². The van der Waals surface area contributed by atoms with Gasteiger partial charge in [-0.15, -0.1) is 0 Å². The number of carbonyl (C=O) groups excluding carboxylic acids is 1. The number of halogens is 5. The maximum absolute atomic E-state index is 13.5. The van der Waals surface area contributed by atoms with Crippen LogP contribution in [-0.2, 0) is 18.0 Å². The van der Waals surface area contributed by atoms with E-state index < -0.39 is 41.0 Å². The summed E-state index contributed by atoms with van der Waals surface area (Å²) in [5.41, 5.74) is -1.66. The number of aliphatic imine (C=N–C) groups is 1. The third kappa shape index (κ3) is 6.15. The number of methoxy groups -OCH3 is 1. The number of anilines is 1. The first kappa shape index (κ1) is 24.8. The lowest BCUT2D eigenvalue weighted by Crippen LogP contribution is -2.38. The van der Waals surface area contributed by atoms with Gasteiger partial charge in [-0.25, -0.2) is 13.8 Å². The quantitative estimate of drug-likeness (QED) is 0.282. The van der Waals surface area contributed by atoms with E-state index in [2.05, 4.69) is 30.9 Å². The number of rotatable bonds is 6. The first-order valence-corrected chi connectivity index (χ1v) is 9.74. The van der Waals surface area contributed by atoms with Crippen LogP contribution in [0.2, 0.25) is 0 Å². The van der Waals surface area contributed by atoms with E-state index in [9.17, 15) is 26.7 Å². The number of hydrogen-bond donors (Lipinski definition) is 3. The van der Waals surface area contributed by atoms with Gasteiger partial charge in [0.2, 0.25) is 5.96 Å². The Hall–Kier alpha value is -3.81. The highest BCUT2D eigenvalue weighted by atomic mass is 19.4. The van der Waals surface area contributed by atoms with Gasteiger partial charge in [0.25, 0.3) is 5.91 Å². The smallest absolute Gasteiger partial charge is 0.382 e. The number of aryl methyl sites for hydroxylation is 1. The molecular weight excluding hydrogens is 465 g/mol. The molecule has 3 N–H and O–H groups in total. The lowest BCUT2D eigenvalue weighted by atomic mass is 10.1. The normalized spacial score (nSPS) is 13.1. The Bertz CT molecular complexity index is 1180. The molecule has 0 aliphatic carbocycles. The average molecular weight is 485 g/mol. The Balaban J connectivity index is 1.87. The summed E-state index contributed by atoms with van der Waals surface area (Å²) in [6.07, 6.45) is -3.92. The molecule has 3 aromatic rings. The molecule has 1 atom stereocenters. The van der Waals surface area contributed by atoms with Crippen LogP contribution < -0.4 is 10.6 Å². The first-order valence-electron chi connectivity index (χ1n) is 9.74. The molecule has 0 saturated heterocycles. The van der Waals surface area contributed by atoms with Crippen LogP contribution in [0.4, 0.5) is 27.8 Å². The van der Waals surface area contributed by atoms with Crippen molar-refractivity contribution in [2.45, 2.75) is 19.1 Å². The van der Waals surface area contributed by atoms with Crippen LogP contribution in [0.5, 0.6) is 0 Å². The predicted octanol–water partition coefficient (Wildman–Crippen LogP) is 3.34. The fraction of sp³-hybridized carbons (Fsp3) is 0.300. The van der Waals surface area contributed by atoms with Gasteiger partial charge in [0.05, 0.1) is 23.9 Å². The zero-order valence-electron chi connectivity index (χ0n) is 18.2. The van der Waals surface area contributed by atoms with E-state index in [0.29, 0.717) is 6.07 Å². The van der Waals surface area contributed by atoms with E-state index in [1.165, 1.54) is 20.2 Å². The maximum atomic E-state index is 13.5. The number of hydrogen-bond acceptors (Lipinski definition) is 5. The van der Waals surface area contributed by atoms with E-state index in [1.807, 2.05) is 0 Å². The molecule has 2 heterocycles. The minimum absolute atomic E-state index is 0.0746. The summed E-state index contributed by atoms with van der Waals surface area (Å²) in [6, 6.07) is 3.75. The zero-order valence-corrected chi connectivity index (χ0v) is 18.2. The minimum atomic E-state index is -4.85. The average Bonchev–Trinajstić information content (AvgIpc) is 3.34. The Morgan fingerprint density at radius 2 is 1.91 bits per heavy atom. The number of carbonyl (C=O) groups is 1. The molecule has 1 amide bonds. The minimum Gasteiger partial charge on any atom is -0.382 e. The second kappa shape index (κ2) is 9.99. The molecule has 3 rings (SSSR count). The number of alkyl halides is 3. The topological polar surface area (TPSA) is 109 Å². The molecule has 2 aromatic heterocycles. The number of aromatic amines is 1. The van der Waals surface area contributed by atoms with Crippen LogP contribution in [0.1, 0.15) is 23.0 Å². The second-order valence-corrected chi connectivity index (χ2v) is 7.25. The molecule has 0 saturated carbocycles. The van der Waals surface area contributed by atoms with Crippen LogP contribution >= 0.6 is 0 Å². The molecule has 182 valence electrons. The standard InChI is InChI=1S/C20H20F5N7O2/c1-10(9-34-3)26-19(28-18(33)14-8-32(2)31-17(14)20(23,24)25)27-16-7-15(29-30-16)11-4-12(21)6-13(22)5-11/h4-8,10H,9H2,1-3H3,(H3,26,27,28,29,30,33)/t10-/m0/s1. The molecule has 0 unspecified atom stereocenters.